The van der Waals surface area contributed by atoms with Gasteiger partial charge in [-0.2, -0.15) is 0 Å². The topological polar surface area (TPSA) is 38.3 Å². The van der Waals surface area contributed by atoms with E-state index in [1.54, 1.807) is 17.8 Å². The molecule has 0 aliphatic heterocycles. The molecule has 5 heteroatoms. The Bertz CT molecular complexity index is 629. The maximum Gasteiger partial charge on any atom is 0.340 e. The molecule has 0 radical (unpaired) electrons. The molecule has 110 valence electrons. The Labute approximate surface area is 127 Å². The zero-order valence-corrected chi connectivity index (χ0v) is 12.7. The molecule has 0 fully saturated rings. The van der Waals surface area contributed by atoms with Crippen molar-refractivity contribution in [3.63, 3.8) is 0 Å². The minimum absolute atomic E-state index is 0.0504. The molecule has 3 nitrogen and oxygen atoms in total. The van der Waals surface area contributed by atoms with Crippen molar-refractivity contribution >= 4 is 23.4 Å². The number of nitrogens with one attached hydrogen (secondary N) is 1. The van der Waals surface area contributed by atoms with Crippen molar-refractivity contribution in [2.45, 2.75) is 11.4 Å². The van der Waals surface area contributed by atoms with Crippen LogP contribution >= 0.6 is 11.8 Å². The lowest BCUT2D eigenvalue weighted by Crippen LogP contribution is -2.06. The summed E-state index contributed by atoms with van der Waals surface area (Å²) in [5, 5.41) is 3.21. The van der Waals surface area contributed by atoms with E-state index in [0.717, 1.165) is 11.3 Å². The molecule has 0 spiro atoms. The Hall–Kier alpha value is -2.01. The number of carbonyl (C=O) groups is 1. The third-order valence-electron chi connectivity index (χ3n) is 3.03. The first-order chi connectivity index (χ1) is 10.1. The number of hydrogen-bond acceptors (Lipinski definition) is 4. The summed E-state index contributed by atoms with van der Waals surface area (Å²) in [4.78, 5) is 12.5. The van der Waals surface area contributed by atoms with Gasteiger partial charge < -0.3 is 10.1 Å². The maximum absolute atomic E-state index is 13.8. The van der Waals surface area contributed by atoms with Gasteiger partial charge in [-0.3, -0.25) is 0 Å². The van der Waals surface area contributed by atoms with Crippen LogP contribution in [0, 0.1) is 5.82 Å². The van der Waals surface area contributed by atoms with E-state index in [0.29, 0.717) is 6.54 Å². The van der Waals surface area contributed by atoms with Crippen LogP contribution in [0.15, 0.2) is 47.4 Å². The van der Waals surface area contributed by atoms with Gasteiger partial charge in [-0.05, 0) is 48.2 Å². The lowest BCUT2D eigenvalue weighted by Gasteiger charge is -2.08. The Balaban J connectivity index is 2.03. The summed E-state index contributed by atoms with van der Waals surface area (Å²) in [5.74, 6) is -1.24. The lowest BCUT2D eigenvalue weighted by atomic mass is 10.1. The molecule has 0 aliphatic rings. The van der Waals surface area contributed by atoms with Gasteiger partial charge in [0.2, 0.25) is 0 Å². The molecule has 0 saturated carbocycles. The van der Waals surface area contributed by atoms with E-state index < -0.39 is 11.8 Å². The second kappa shape index (κ2) is 7.13. The van der Waals surface area contributed by atoms with Crippen molar-refractivity contribution in [3.8, 4) is 0 Å². The van der Waals surface area contributed by atoms with E-state index in [9.17, 15) is 9.18 Å². The smallest absolute Gasteiger partial charge is 0.340 e. The Morgan fingerprint density at radius 3 is 2.52 bits per heavy atom. The van der Waals surface area contributed by atoms with Crippen molar-refractivity contribution in [2.24, 2.45) is 0 Å². The first-order valence-electron chi connectivity index (χ1n) is 6.38. The van der Waals surface area contributed by atoms with E-state index >= 15 is 0 Å². The van der Waals surface area contributed by atoms with Crippen LogP contribution in [0.1, 0.15) is 15.9 Å². The van der Waals surface area contributed by atoms with Crippen LogP contribution in [-0.4, -0.2) is 19.3 Å². The molecule has 0 saturated heterocycles. The van der Waals surface area contributed by atoms with Gasteiger partial charge >= 0.3 is 5.97 Å². The summed E-state index contributed by atoms with van der Waals surface area (Å²) in [5.41, 5.74) is 1.67. The average molecular weight is 305 g/mol. The number of thioether (sulfide) groups is 1. The van der Waals surface area contributed by atoms with Crippen LogP contribution in [-0.2, 0) is 11.3 Å². The molecule has 2 aromatic carbocycles. The average Bonchev–Trinajstić information content (AvgIpc) is 2.52. The summed E-state index contributed by atoms with van der Waals surface area (Å²) in [6.45, 7) is 0.483. The fourth-order valence-electron chi connectivity index (χ4n) is 1.86. The van der Waals surface area contributed by atoms with Crippen LogP contribution < -0.4 is 5.32 Å². The molecule has 2 aromatic rings. The molecule has 0 aliphatic carbocycles. The van der Waals surface area contributed by atoms with Crippen molar-refractivity contribution in [2.75, 3.05) is 18.7 Å². The predicted molar refractivity (Wildman–Crippen MR) is 83.3 cm³/mol. The van der Waals surface area contributed by atoms with E-state index in [1.165, 1.54) is 24.1 Å². The summed E-state index contributed by atoms with van der Waals surface area (Å²) < 4.78 is 18.3. The van der Waals surface area contributed by atoms with Gasteiger partial charge in [0.1, 0.15) is 5.82 Å². The normalized spacial score (nSPS) is 10.2. The number of rotatable bonds is 5. The van der Waals surface area contributed by atoms with E-state index in [4.69, 9.17) is 0 Å². The highest BCUT2D eigenvalue weighted by Gasteiger charge is 2.12. The van der Waals surface area contributed by atoms with Crippen molar-refractivity contribution in [1.82, 2.24) is 0 Å². The number of esters is 1. The first kappa shape index (κ1) is 15.4. The van der Waals surface area contributed by atoms with Gasteiger partial charge in [0, 0.05) is 17.1 Å². The number of anilines is 1. The van der Waals surface area contributed by atoms with Gasteiger partial charge in [0.15, 0.2) is 0 Å². The van der Waals surface area contributed by atoms with Gasteiger partial charge in [-0.25, -0.2) is 9.18 Å². The van der Waals surface area contributed by atoms with Crippen molar-refractivity contribution in [3.05, 3.63) is 59.4 Å². The number of methoxy groups -OCH3 is 1. The highest BCUT2D eigenvalue weighted by atomic mass is 32.2. The summed E-state index contributed by atoms with van der Waals surface area (Å²) in [7, 11) is 1.23. The third-order valence-corrected chi connectivity index (χ3v) is 3.77. The molecule has 0 unspecified atom stereocenters. The minimum atomic E-state index is -0.667. The molecular formula is C16H16FNO2S. The van der Waals surface area contributed by atoms with E-state index in [1.807, 2.05) is 30.5 Å². The molecule has 0 heterocycles. The number of benzene rings is 2. The molecular weight excluding hydrogens is 289 g/mol. The summed E-state index contributed by atoms with van der Waals surface area (Å²) in [6, 6.07) is 12.5. The SMILES string of the molecule is COC(=O)c1ccc(CNc2ccc(SC)cc2)cc1F. The van der Waals surface area contributed by atoms with Gasteiger partial charge in [-0.15, -0.1) is 11.8 Å². The molecule has 2 rings (SSSR count). The number of carbonyl (C=O) groups excluding carboxylic acids is 1. The van der Waals surface area contributed by atoms with E-state index in [-0.39, 0.29) is 5.56 Å². The molecule has 0 bridgehead atoms. The second-order valence-electron chi connectivity index (χ2n) is 4.39. The lowest BCUT2D eigenvalue weighted by molar-refractivity contribution is 0.0595. The Morgan fingerprint density at radius 1 is 1.24 bits per heavy atom. The number of halogens is 1. The van der Waals surface area contributed by atoms with Gasteiger partial charge in [-0.1, -0.05) is 6.07 Å². The van der Waals surface area contributed by atoms with Crippen molar-refractivity contribution in [1.29, 1.82) is 0 Å². The zero-order chi connectivity index (χ0) is 15.2. The maximum atomic E-state index is 13.8. The molecule has 0 amide bonds. The Kier molecular flexibility index (Phi) is 5.22. The third kappa shape index (κ3) is 3.98. The zero-order valence-electron chi connectivity index (χ0n) is 11.9. The predicted octanol–water partition coefficient (Wildman–Crippen LogP) is 3.95. The fraction of sp³-hybridized carbons (Fsp3) is 0.188. The molecule has 0 atom stereocenters. The monoisotopic (exact) mass is 305 g/mol. The molecule has 21 heavy (non-hydrogen) atoms. The van der Waals surface area contributed by atoms with Crippen LogP contribution in [0.25, 0.3) is 0 Å². The van der Waals surface area contributed by atoms with Crippen LogP contribution in [0.4, 0.5) is 10.1 Å². The fourth-order valence-corrected chi connectivity index (χ4v) is 2.27. The molecule has 1 N–H and O–H groups in total. The summed E-state index contributed by atoms with van der Waals surface area (Å²) in [6.07, 6.45) is 2.02. The molecule has 0 aromatic heterocycles. The number of ether oxygens (including phenoxy) is 1. The van der Waals surface area contributed by atoms with Crippen LogP contribution in [0.3, 0.4) is 0 Å². The van der Waals surface area contributed by atoms with Crippen molar-refractivity contribution < 1.29 is 13.9 Å². The largest absolute Gasteiger partial charge is 0.465 e. The highest BCUT2D eigenvalue weighted by molar-refractivity contribution is 7.98. The summed E-state index contributed by atoms with van der Waals surface area (Å²) >= 11 is 1.68. The highest BCUT2D eigenvalue weighted by Crippen LogP contribution is 2.18. The van der Waals surface area contributed by atoms with Crippen LogP contribution in [0.5, 0.6) is 0 Å². The number of hydrogen-bond donors (Lipinski definition) is 1. The Morgan fingerprint density at radius 2 is 1.95 bits per heavy atom. The second-order valence-corrected chi connectivity index (χ2v) is 5.27. The van der Waals surface area contributed by atoms with E-state index in [2.05, 4.69) is 10.1 Å². The first-order valence-corrected chi connectivity index (χ1v) is 7.61. The standard InChI is InChI=1S/C16H16FNO2S/c1-20-16(19)14-8-3-11(9-15(14)17)10-18-12-4-6-13(21-2)7-5-12/h3-9,18H,10H2,1-2H3. The van der Waals surface area contributed by atoms with Gasteiger partial charge in [0.05, 0.1) is 12.7 Å². The minimum Gasteiger partial charge on any atom is -0.465 e. The van der Waals surface area contributed by atoms with Crippen LogP contribution in [0.2, 0.25) is 0 Å². The quantitative estimate of drug-likeness (QED) is 0.670. The van der Waals surface area contributed by atoms with Gasteiger partial charge in [0.25, 0.3) is 0 Å².